The van der Waals surface area contributed by atoms with Crippen LogP contribution in [0.25, 0.3) is 0 Å². The lowest BCUT2D eigenvalue weighted by Gasteiger charge is -2.22. The Balaban J connectivity index is 1.71. The zero-order valence-corrected chi connectivity index (χ0v) is 15.2. The molecule has 1 aliphatic carbocycles. The van der Waals surface area contributed by atoms with E-state index in [4.69, 9.17) is 20.9 Å². The number of halogens is 1. The Hall–Kier alpha value is -2.08. The number of nitrogens with one attached hydrogen (secondary N) is 1. The van der Waals surface area contributed by atoms with E-state index < -0.39 is 0 Å². The monoisotopic (exact) mass is 363 g/mol. The van der Waals surface area contributed by atoms with Crippen LogP contribution in [0.15, 0.2) is 16.8 Å². The quantitative estimate of drug-likeness (QED) is 0.842. The number of carbonyl (C=O) groups excluding carboxylic acids is 1. The van der Waals surface area contributed by atoms with Crippen LogP contribution in [-0.4, -0.2) is 22.2 Å². The van der Waals surface area contributed by atoms with Crippen molar-refractivity contribution in [3.8, 4) is 5.88 Å². The minimum absolute atomic E-state index is 0.158. The number of anilines is 1. The maximum Gasteiger partial charge on any atom is 0.257 e. The average Bonchev–Trinajstić information content (AvgIpc) is 2.97. The highest BCUT2D eigenvalue weighted by Gasteiger charge is 2.19. The Bertz CT molecular complexity index is 754. The zero-order valence-electron chi connectivity index (χ0n) is 14.5. The highest BCUT2D eigenvalue weighted by Crippen LogP contribution is 2.28. The average molecular weight is 364 g/mol. The van der Waals surface area contributed by atoms with Gasteiger partial charge in [-0.2, -0.15) is 0 Å². The molecule has 6 nitrogen and oxygen atoms in total. The van der Waals surface area contributed by atoms with Crippen LogP contribution in [0.2, 0.25) is 5.02 Å². The summed E-state index contributed by atoms with van der Waals surface area (Å²) in [7, 11) is 0. The molecule has 1 fully saturated rings. The second-order valence-electron chi connectivity index (χ2n) is 6.26. The van der Waals surface area contributed by atoms with Crippen LogP contribution in [0.5, 0.6) is 5.88 Å². The minimum Gasteiger partial charge on any atom is -0.473 e. The van der Waals surface area contributed by atoms with Crippen molar-refractivity contribution in [1.29, 1.82) is 0 Å². The van der Waals surface area contributed by atoms with Gasteiger partial charge in [0.05, 0.1) is 5.56 Å². The standard InChI is InChI=1S/C18H22ClN3O3/c1-3-15-16(11(2)22-25-15)21-17(23)12-9-14(19)18(20-10-12)24-13-7-5-4-6-8-13/h9-10,13H,3-8H2,1-2H3,(H,21,23). The summed E-state index contributed by atoms with van der Waals surface area (Å²) in [5.41, 5.74) is 1.61. The Kier molecular flexibility index (Phi) is 5.58. The van der Waals surface area contributed by atoms with Gasteiger partial charge in [0.25, 0.3) is 5.91 Å². The van der Waals surface area contributed by atoms with Crippen LogP contribution in [0.4, 0.5) is 5.69 Å². The van der Waals surface area contributed by atoms with E-state index in [0.717, 1.165) is 12.8 Å². The van der Waals surface area contributed by atoms with Crippen molar-refractivity contribution in [1.82, 2.24) is 10.1 Å². The molecule has 3 rings (SSSR count). The predicted molar refractivity (Wildman–Crippen MR) is 95.3 cm³/mol. The molecule has 0 aliphatic heterocycles. The molecule has 2 aromatic heterocycles. The maximum absolute atomic E-state index is 12.5. The second-order valence-corrected chi connectivity index (χ2v) is 6.67. The Labute approximate surface area is 151 Å². The van der Waals surface area contributed by atoms with E-state index in [1.165, 1.54) is 25.5 Å². The van der Waals surface area contributed by atoms with Crippen LogP contribution < -0.4 is 10.1 Å². The molecular formula is C18H22ClN3O3. The van der Waals surface area contributed by atoms with Crippen LogP contribution >= 0.6 is 11.6 Å². The van der Waals surface area contributed by atoms with Gasteiger partial charge in [0.15, 0.2) is 5.76 Å². The first-order valence-electron chi connectivity index (χ1n) is 8.67. The van der Waals surface area contributed by atoms with Gasteiger partial charge in [0, 0.05) is 12.6 Å². The highest BCUT2D eigenvalue weighted by atomic mass is 35.5. The molecule has 1 aliphatic rings. The normalized spacial score (nSPS) is 15.2. The van der Waals surface area contributed by atoms with Crippen molar-refractivity contribution in [2.45, 2.75) is 58.5 Å². The van der Waals surface area contributed by atoms with Gasteiger partial charge in [-0.15, -0.1) is 0 Å². The van der Waals surface area contributed by atoms with E-state index >= 15 is 0 Å². The van der Waals surface area contributed by atoms with Gasteiger partial charge in [-0.05, 0) is 38.7 Å². The molecule has 2 aromatic rings. The highest BCUT2D eigenvalue weighted by molar-refractivity contribution is 6.32. The number of pyridine rings is 1. The molecule has 0 aromatic carbocycles. The smallest absolute Gasteiger partial charge is 0.257 e. The van der Waals surface area contributed by atoms with Crippen molar-refractivity contribution >= 4 is 23.2 Å². The lowest BCUT2D eigenvalue weighted by molar-refractivity contribution is 0.102. The Morgan fingerprint density at radius 1 is 1.40 bits per heavy atom. The SMILES string of the molecule is CCc1onc(C)c1NC(=O)c1cnc(OC2CCCCC2)c(Cl)c1. The fourth-order valence-electron chi connectivity index (χ4n) is 2.98. The number of hydrogen-bond donors (Lipinski definition) is 1. The summed E-state index contributed by atoms with van der Waals surface area (Å²) in [5, 5.41) is 7.04. The molecule has 0 bridgehead atoms. The predicted octanol–water partition coefficient (Wildman–Crippen LogP) is 4.56. The third-order valence-electron chi connectivity index (χ3n) is 4.39. The van der Waals surface area contributed by atoms with Gasteiger partial charge in [-0.25, -0.2) is 4.98 Å². The fraction of sp³-hybridized carbons (Fsp3) is 0.500. The van der Waals surface area contributed by atoms with Gasteiger partial charge in [-0.1, -0.05) is 30.1 Å². The summed E-state index contributed by atoms with van der Waals surface area (Å²) < 4.78 is 11.1. The molecule has 1 amide bonds. The molecule has 1 N–H and O–H groups in total. The van der Waals surface area contributed by atoms with E-state index in [9.17, 15) is 4.79 Å². The summed E-state index contributed by atoms with van der Waals surface area (Å²) in [6.07, 6.45) is 7.91. The third kappa shape index (κ3) is 4.12. The molecule has 0 radical (unpaired) electrons. The molecule has 2 heterocycles. The summed E-state index contributed by atoms with van der Waals surface area (Å²) >= 11 is 6.27. The first-order valence-corrected chi connectivity index (χ1v) is 9.05. The van der Waals surface area contributed by atoms with Gasteiger partial charge in [0.2, 0.25) is 5.88 Å². The van der Waals surface area contributed by atoms with Crippen LogP contribution in [0, 0.1) is 6.92 Å². The molecule has 1 saturated carbocycles. The minimum atomic E-state index is -0.306. The molecule has 0 saturated heterocycles. The number of ether oxygens (including phenoxy) is 1. The summed E-state index contributed by atoms with van der Waals surface area (Å²) in [4.78, 5) is 16.7. The van der Waals surface area contributed by atoms with Crippen molar-refractivity contribution in [2.24, 2.45) is 0 Å². The van der Waals surface area contributed by atoms with Crippen LogP contribution in [0.3, 0.4) is 0 Å². The van der Waals surface area contributed by atoms with E-state index in [2.05, 4.69) is 15.5 Å². The number of amides is 1. The first-order chi connectivity index (χ1) is 12.1. The van der Waals surface area contributed by atoms with E-state index in [-0.39, 0.29) is 12.0 Å². The molecule has 0 atom stereocenters. The zero-order chi connectivity index (χ0) is 17.8. The topological polar surface area (TPSA) is 77.3 Å². The van der Waals surface area contributed by atoms with Crippen molar-refractivity contribution in [3.05, 3.63) is 34.3 Å². The van der Waals surface area contributed by atoms with Gasteiger partial charge in [-0.3, -0.25) is 4.79 Å². The van der Waals surface area contributed by atoms with E-state index in [0.29, 0.717) is 40.0 Å². The van der Waals surface area contributed by atoms with Crippen molar-refractivity contribution in [2.75, 3.05) is 5.32 Å². The molecule has 7 heteroatoms. The Morgan fingerprint density at radius 3 is 2.84 bits per heavy atom. The number of rotatable bonds is 5. The lowest BCUT2D eigenvalue weighted by atomic mass is 9.98. The number of aromatic nitrogens is 2. The molecule has 0 spiro atoms. The molecule has 0 unspecified atom stereocenters. The van der Waals surface area contributed by atoms with Crippen LogP contribution in [-0.2, 0) is 6.42 Å². The van der Waals surface area contributed by atoms with Crippen molar-refractivity contribution in [3.63, 3.8) is 0 Å². The molecule has 25 heavy (non-hydrogen) atoms. The van der Waals surface area contributed by atoms with Crippen molar-refractivity contribution < 1.29 is 14.1 Å². The molecular weight excluding hydrogens is 342 g/mol. The molecule has 134 valence electrons. The summed E-state index contributed by atoms with van der Waals surface area (Å²) in [6, 6.07) is 1.58. The third-order valence-corrected chi connectivity index (χ3v) is 4.66. The largest absolute Gasteiger partial charge is 0.473 e. The summed E-state index contributed by atoms with van der Waals surface area (Å²) in [6.45, 7) is 3.72. The first kappa shape index (κ1) is 17.7. The van der Waals surface area contributed by atoms with Crippen LogP contribution in [0.1, 0.15) is 60.8 Å². The fourth-order valence-corrected chi connectivity index (χ4v) is 3.19. The Morgan fingerprint density at radius 2 is 2.16 bits per heavy atom. The lowest BCUT2D eigenvalue weighted by Crippen LogP contribution is -2.20. The number of aryl methyl sites for hydroxylation is 2. The number of carbonyl (C=O) groups is 1. The van der Waals surface area contributed by atoms with Gasteiger partial charge < -0.3 is 14.6 Å². The van der Waals surface area contributed by atoms with Gasteiger partial charge >= 0.3 is 0 Å². The maximum atomic E-state index is 12.5. The number of nitrogens with zero attached hydrogens (tertiary/aromatic N) is 2. The summed E-state index contributed by atoms with van der Waals surface area (Å²) in [5.74, 6) is 0.724. The number of hydrogen-bond acceptors (Lipinski definition) is 5. The van der Waals surface area contributed by atoms with Gasteiger partial charge in [0.1, 0.15) is 22.5 Å². The second kappa shape index (κ2) is 7.87. The van der Waals surface area contributed by atoms with E-state index in [1.54, 1.807) is 13.0 Å². The van der Waals surface area contributed by atoms with E-state index in [1.807, 2.05) is 6.92 Å².